The monoisotopic (exact) mass is 262 g/mol. The second-order valence-electron chi connectivity index (χ2n) is 4.04. The number of aryl methyl sites for hydroxylation is 1. The van der Waals surface area contributed by atoms with Crippen LogP contribution in [0.1, 0.15) is 34.0 Å². The smallest absolute Gasteiger partial charge is 0.335 e. The fourth-order valence-electron chi connectivity index (χ4n) is 1.64. The van der Waals surface area contributed by atoms with Crippen molar-refractivity contribution in [3.63, 3.8) is 0 Å². The van der Waals surface area contributed by atoms with E-state index in [4.69, 9.17) is 5.11 Å². The molecule has 1 atom stereocenters. The molecule has 0 aliphatic heterocycles. The summed E-state index contributed by atoms with van der Waals surface area (Å²) in [5, 5.41) is 15.2. The average molecular weight is 262 g/mol. The van der Waals surface area contributed by atoms with Crippen LogP contribution in [0, 0.1) is 6.92 Å². The van der Waals surface area contributed by atoms with Crippen LogP contribution in [0.2, 0.25) is 0 Å². The summed E-state index contributed by atoms with van der Waals surface area (Å²) in [6, 6.07) is 6.83. The van der Waals surface area contributed by atoms with E-state index in [0.29, 0.717) is 0 Å². The summed E-state index contributed by atoms with van der Waals surface area (Å²) in [6.45, 7) is 3.97. The number of nitrogens with zero attached hydrogens (tertiary/aromatic N) is 1. The number of carboxylic acids is 1. The molecule has 2 N–H and O–H groups in total. The predicted molar refractivity (Wildman–Crippen MR) is 72.3 cm³/mol. The van der Waals surface area contributed by atoms with E-state index in [0.717, 1.165) is 16.4 Å². The van der Waals surface area contributed by atoms with Crippen molar-refractivity contribution in [1.82, 2.24) is 4.98 Å². The van der Waals surface area contributed by atoms with Crippen molar-refractivity contribution in [3.05, 3.63) is 45.9 Å². The van der Waals surface area contributed by atoms with Crippen molar-refractivity contribution in [2.45, 2.75) is 19.9 Å². The molecule has 2 aromatic rings. The van der Waals surface area contributed by atoms with E-state index in [1.807, 2.05) is 25.3 Å². The van der Waals surface area contributed by atoms with Crippen LogP contribution >= 0.6 is 11.3 Å². The normalized spacial score (nSPS) is 12.1. The van der Waals surface area contributed by atoms with Gasteiger partial charge < -0.3 is 10.4 Å². The Hall–Kier alpha value is -1.88. The van der Waals surface area contributed by atoms with E-state index in [2.05, 4.69) is 10.3 Å². The number of benzene rings is 1. The zero-order valence-electron chi connectivity index (χ0n) is 10.2. The molecule has 0 radical (unpaired) electrons. The zero-order chi connectivity index (χ0) is 13.1. The molecule has 0 fully saturated rings. The zero-order valence-corrected chi connectivity index (χ0v) is 11.0. The van der Waals surface area contributed by atoms with Gasteiger partial charge in [0.2, 0.25) is 0 Å². The summed E-state index contributed by atoms with van der Waals surface area (Å²) >= 11 is 1.61. The number of thiazole rings is 1. The molecule has 0 saturated carbocycles. The minimum absolute atomic E-state index is 0.0546. The van der Waals surface area contributed by atoms with Gasteiger partial charge in [-0.1, -0.05) is 6.07 Å². The fourth-order valence-corrected chi connectivity index (χ4v) is 2.35. The topological polar surface area (TPSA) is 62.2 Å². The summed E-state index contributed by atoms with van der Waals surface area (Å²) in [6.07, 6.45) is 0. The molecule has 0 spiro atoms. The minimum atomic E-state index is -0.921. The molecule has 5 heteroatoms. The minimum Gasteiger partial charge on any atom is -0.478 e. The first kappa shape index (κ1) is 12.6. The highest BCUT2D eigenvalue weighted by Gasteiger charge is 2.10. The van der Waals surface area contributed by atoms with Crippen molar-refractivity contribution in [2.75, 3.05) is 5.32 Å². The molecule has 0 aliphatic rings. The number of nitrogens with one attached hydrogen (secondary N) is 1. The third-order valence-electron chi connectivity index (χ3n) is 2.57. The first-order chi connectivity index (χ1) is 8.56. The first-order valence-electron chi connectivity index (χ1n) is 5.58. The molecule has 2 rings (SSSR count). The number of aromatic carboxylic acids is 1. The summed E-state index contributed by atoms with van der Waals surface area (Å²) in [7, 11) is 0. The molecule has 1 aromatic heterocycles. The lowest BCUT2D eigenvalue weighted by molar-refractivity contribution is 0.0697. The molecule has 1 unspecified atom stereocenters. The lowest BCUT2D eigenvalue weighted by Gasteiger charge is -2.13. The third-order valence-corrected chi connectivity index (χ3v) is 3.36. The molecule has 4 nitrogen and oxygen atoms in total. The van der Waals surface area contributed by atoms with E-state index in [9.17, 15) is 4.79 Å². The number of rotatable bonds is 4. The summed E-state index contributed by atoms with van der Waals surface area (Å²) in [4.78, 5) is 15.3. The lowest BCUT2D eigenvalue weighted by Crippen LogP contribution is -2.08. The molecular weight excluding hydrogens is 248 g/mol. The number of anilines is 1. The molecule has 18 heavy (non-hydrogen) atoms. The first-order valence-corrected chi connectivity index (χ1v) is 6.46. The Morgan fingerprint density at radius 3 is 2.89 bits per heavy atom. The highest BCUT2D eigenvalue weighted by Crippen LogP contribution is 2.21. The molecule has 0 amide bonds. The number of carbonyl (C=O) groups is 1. The Labute approximate surface area is 109 Å². The van der Waals surface area contributed by atoms with Crippen LogP contribution in [0.15, 0.2) is 29.6 Å². The molecule has 1 aromatic carbocycles. The van der Waals surface area contributed by atoms with Gasteiger partial charge in [0.25, 0.3) is 0 Å². The van der Waals surface area contributed by atoms with Crippen molar-refractivity contribution >= 4 is 23.0 Å². The maximum atomic E-state index is 10.9. The van der Waals surface area contributed by atoms with Gasteiger partial charge in [0.1, 0.15) is 0 Å². The molecule has 94 valence electrons. The second-order valence-corrected chi connectivity index (χ2v) is 5.11. The Kier molecular flexibility index (Phi) is 3.62. The van der Waals surface area contributed by atoms with Crippen LogP contribution in [-0.2, 0) is 0 Å². The summed E-state index contributed by atoms with van der Waals surface area (Å²) < 4.78 is 0. The molecule has 0 bridgehead atoms. The van der Waals surface area contributed by atoms with Crippen LogP contribution in [0.25, 0.3) is 0 Å². The van der Waals surface area contributed by atoms with E-state index >= 15 is 0 Å². The number of carboxylic acid groups (broad SMARTS) is 1. The number of hydrogen-bond donors (Lipinski definition) is 2. The van der Waals surface area contributed by atoms with Gasteiger partial charge in [0.05, 0.1) is 22.3 Å². The highest BCUT2D eigenvalue weighted by molar-refractivity contribution is 7.09. The van der Waals surface area contributed by atoms with Crippen LogP contribution < -0.4 is 5.32 Å². The van der Waals surface area contributed by atoms with Crippen LogP contribution in [0.5, 0.6) is 0 Å². The number of aromatic nitrogens is 1. The van der Waals surface area contributed by atoms with Crippen molar-refractivity contribution < 1.29 is 9.90 Å². The van der Waals surface area contributed by atoms with Crippen molar-refractivity contribution in [1.29, 1.82) is 0 Å². The van der Waals surface area contributed by atoms with Gasteiger partial charge in [0.15, 0.2) is 0 Å². The summed E-state index contributed by atoms with van der Waals surface area (Å²) in [5.74, 6) is -0.921. The SMILES string of the molecule is Cc1nc(C(C)Nc2cccc(C(=O)O)c2)cs1. The second kappa shape index (κ2) is 5.18. The standard InChI is InChI=1S/C13H14N2O2S/c1-8(12-7-18-9(2)15-12)14-11-5-3-4-10(6-11)13(16)17/h3-8,14H,1-2H3,(H,16,17). The maximum absolute atomic E-state index is 10.9. The van der Waals surface area contributed by atoms with Crippen LogP contribution in [0.4, 0.5) is 5.69 Å². The molecule has 0 aliphatic carbocycles. The fraction of sp³-hybridized carbons (Fsp3) is 0.231. The Morgan fingerprint density at radius 1 is 1.50 bits per heavy atom. The quantitative estimate of drug-likeness (QED) is 0.887. The van der Waals surface area contributed by atoms with Crippen LogP contribution in [-0.4, -0.2) is 16.1 Å². The van der Waals surface area contributed by atoms with Crippen molar-refractivity contribution in [3.8, 4) is 0 Å². The Bertz CT molecular complexity index is 566. The van der Waals surface area contributed by atoms with E-state index < -0.39 is 5.97 Å². The highest BCUT2D eigenvalue weighted by atomic mass is 32.1. The molecule has 1 heterocycles. The van der Waals surface area contributed by atoms with Gasteiger partial charge in [0, 0.05) is 11.1 Å². The van der Waals surface area contributed by atoms with E-state index in [1.165, 1.54) is 0 Å². The van der Waals surface area contributed by atoms with E-state index in [-0.39, 0.29) is 11.6 Å². The largest absolute Gasteiger partial charge is 0.478 e. The summed E-state index contributed by atoms with van der Waals surface area (Å²) in [5.41, 5.74) is 2.04. The lowest BCUT2D eigenvalue weighted by atomic mass is 10.2. The molecule has 0 saturated heterocycles. The van der Waals surface area contributed by atoms with Gasteiger partial charge in [-0.2, -0.15) is 0 Å². The average Bonchev–Trinajstić information content (AvgIpc) is 2.76. The van der Waals surface area contributed by atoms with Gasteiger partial charge in [-0.25, -0.2) is 9.78 Å². The molecular formula is C13H14N2O2S. The predicted octanol–water partition coefficient (Wildman–Crippen LogP) is 3.32. The Balaban J connectivity index is 2.14. The van der Waals surface area contributed by atoms with Gasteiger partial charge in [-0.3, -0.25) is 0 Å². The van der Waals surface area contributed by atoms with Crippen molar-refractivity contribution in [2.24, 2.45) is 0 Å². The van der Waals surface area contributed by atoms with Gasteiger partial charge in [-0.15, -0.1) is 11.3 Å². The Morgan fingerprint density at radius 2 is 2.28 bits per heavy atom. The van der Waals surface area contributed by atoms with E-state index in [1.54, 1.807) is 29.5 Å². The van der Waals surface area contributed by atoms with Crippen LogP contribution in [0.3, 0.4) is 0 Å². The third kappa shape index (κ3) is 2.87. The maximum Gasteiger partial charge on any atom is 0.335 e. The van der Waals surface area contributed by atoms with Gasteiger partial charge in [-0.05, 0) is 32.0 Å². The number of hydrogen-bond acceptors (Lipinski definition) is 4. The van der Waals surface area contributed by atoms with Gasteiger partial charge >= 0.3 is 5.97 Å².